The molecule has 1 aromatic heterocycles. The predicted octanol–water partition coefficient (Wildman–Crippen LogP) is 5.78. The summed E-state index contributed by atoms with van der Waals surface area (Å²) in [6, 6.07) is 9.76. The monoisotopic (exact) mass is 516 g/mol. The van der Waals surface area contributed by atoms with E-state index in [0.29, 0.717) is 41.7 Å². The molecule has 37 heavy (non-hydrogen) atoms. The van der Waals surface area contributed by atoms with Gasteiger partial charge >= 0.3 is 6.29 Å². The zero-order chi connectivity index (χ0) is 27.0. The number of amides is 1. The third kappa shape index (κ3) is 4.65. The average Bonchev–Trinajstić information content (AvgIpc) is 3.45. The van der Waals surface area contributed by atoms with E-state index in [1.165, 1.54) is 12.1 Å². The molecule has 0 saturated heterocycles. The lowest BCUT2D eigenvalue weighted by Gasteiger charge is -2.27. The van der Waals surface area contributed by atoms with E-state index >= 15 is 4.39 Å². The standard InChI is InChI=1S/C28H32F3N3O3/c1-26(2,3)24-23(29)19-16-18(8-9-20(19)33(24)13-14-34(4,5)6)32-25(35)27(11-12-27)17-7-10-21-22(15-17)37-28(30,31)36-21/h7-10,15-16H,11-14H2,1-6H3/p+1. The second kappa shape index (κ2) is 8.15. The van der Waals surface area contributed by atoms with Gasteiger partial charge in [-0.1, -0.05) is 26.8 Å². The van der Waals surface area contributed by atoms with E-state index in [9.17, 15) is 13.6 Å². The highest BCUT2D eigenvalue weighted by molar-refractivity contribution is 6.02. The molecule has 2 aliphatic rings. The number of aromatic nitrogens is 1. The number of carbonyl (C=O) groups excluding carboxylic acids is 1. The van der Waals surface area contributed by atoms with Gasteiger partial charge in [0, 0.05) is 16.5 Å². The summed E-state index contributed by atoms with van der Waals surface area (Å²) in [5.74, 6) is -0.693. The number of carbonyl (C=O) groups is 1. The summed E-state index contributed by atoms with van der Waals surface area (Å²) in [6.45, 7) is 7.47. The third-order valence-corrected chi connectivity index (χ3v) is 7.10. The van der Waals surface area contributed by atoms with E-state index in [4.69, 9.17) is 0 Å². The Bertz CT molecular complexity index is 1400. The summed E-state index contributed by atoms with van der Waals surface area (Å²) in [4.78, 5) is 13.4. The quantitative estimate of drug-likeness (QED) is 0.423. The second-order valence-electron chi connectivity index (χ2n) is 12.2. The van der Waals surface area contributed by atoms with Gasteiger partial charge in [-0.2, -0.15) is 0 Å². The first-order valence-electron chi connectivity index (χ1n) is 12.4. The number of hydrogen-bond donors (Lipinski definition) is 1. The first-order chi connectivity index (χ1) is 17.1. The van der Waals surface area contributed by atoms with Gasteiger partial charge in [0.05, 0.1) is 50.9 Å². The van der Waals surface area contributed by atoms with Gasteiger partial charge in [0.1, 0.15) is 0 Å². The molecule has 0 spiro atoms. The number of fused-ring (bicyclic) bond motifs is 2. The summed E-state index contributed by atoms with van der Waals surface area (Å²) in [5.41, 5.74) is 1.22. The molecule has 2 heterocycles. The van der Waals surface area contributed by atoms with Crippen LogP contribution in [0, 0.1) is 5.82 Å². The summed E-state index contributed by atoms with van der Waals surface area (Å²) < 4.78 is 54.5. The van der Waals surface area contributed by atoms with Crippen LogP contribution in [0.4, 0.5) is 18.9 Å². The molecule has 9 heteroatoms. The maximum atomic E-state index is 15.8. The van der Waals surface area contributed by atoms with Crippen LogP contribution in [0.1, 0.15) is 44.9 Å². The van der Waals surface area contributed by atoms with Crippen LogP contribution in [0.15, 0.2) is 36.4 Å². The van der Waals surface area contributed by atoms with Crippen molar-refractivity contribution in [2.75, 3.05) is 33.0 Å². The Morgan fingerprint density at radius 1 is 1.05 bits per heavy atom. The van der Waals surface area contributed by atoms with Crippen LogP contribution >= 0.6 is 0 Å². The molecular weight excluding hydrogens is 483 g/mol. The molecule has 2 aromatic carbocycles. The van der Waals surface area contributed by atoms with Gasteiger partial charge in [-0.25, -0.2) is 4.39 Å². The zero-order valence-electron chi connectivity index (χ0n) is 22.0. The largest absolute Gasteiger partial charge is 0.586 e. The van der Waals surface area contributed by atoms with Gasteiger partial charge in [0.25, 0.3) is 0 Å². The topological polar surface area (TPSA) is 52.5 Å². The fraction of sp³-hybridized carbons (Fsp3) is 0.464. The number of alkyl halides is 2. The number of benzene rings is 2. The average molecular weight is 517 g/mol. The van der Waals surface area contributed by atoms with Crippen LogP contribution in [0.25, 0.3) is 10.9 Å². The van der Waals surface area contributed by atoms with Crippen molar-refractivity contribution < 1.29 is 31.9 Å². The Kier molecular flexibility index (Phi) is 5.60. The van der Waals surface area contributed by atoms with Gasteiger partial charge in [0.2, 0.25) is 5.91 Å². The van der Waals surface area contributed by atoms with Crippen molar-refractivity contribution in [1.82, 2.24) is 4.57 Å². The molecule has 0 radical (unpaired) electrons. The van der Waals surface area contributed by atoms with Crippen molar-refractivity contribution in [3.8, 4) is 11.5 Å². The van der Waals surface area contributed by atoms with Crippen molar-refractivity contribution in [3.05, 3.63) is 53.5 Å². The summed E-state index contributed by atoms with van der Waals surface area (Å²) in [6.07, 6.45) is -2.57. The molecule has 3 aromatic rings. The summed E-state index contributed by atoms with van der Waals surface area (Å²) >= 11 is 0. The molecule has 1 aliphatic heterocycles. The molecule has 1 aliphatic carbocycles. The minimum absolute atomic E-state index is 0.0599. The molecule has 198 valence electrons. The number of halogens is 3. The maximum absolute atomic E-state index is 15.8. The molecule has 0 unspecified atom stereocenters. The molecule has 1 fully saturated rings. The molecule has 1 amide bonds. The Balaban J connectivity index is 1.44. The van der Waals surface area contributed by atoms with Crippen LogP contribution in [-0.2, 0) is 22.2 Å². The van der Waals surface area contributed by atoms with Gasteiger partial charge < -0.3 is 23.8 Å². The Hall–Kier alpha value is -3.20. The first-order valence-corrected chi connectivity index (χ1v) is 12.4. The highest BCUT2D eigenvalue weighted by atomic mass is 19.3. The zero-order valence-corrected chi connectivity index (χ0v) is 22.0. The molecule has 1 saturated carbocycles. The Labute approximate surface area is 214 Å². The highest BCUT2D eigenvalue weighted by Crippen LogP contribution is 2.52. The van der Waals surface area contributed by atoms with E-state index in [2.05, 4.69) is 35.9 Å². The van der Waals surface area contributed by atoms with E-state index < -0.39 is 17.1 Å². The van der Waals surface area contributed by atoms with E-state index in [1.807, 2.05) is 31.4 Å². The summed E-state index contributed by atoms with van der Waals surface area (Å²) in [5, 5.41) is 3.39. The molecule has 6 nitrogen and oxygen atoms in total. The maximum Gasteiger partial charge on any atom is 0.586 e. The van der Waals surface area contributed by atoms with Crippen molar-refractivity contribution in [2.45, 2.75) is 57.3 Å². The van der Waals surface area contributed by atoms with Crippen LogP contribution in [0.3, 0.4) is 0 Å². The fourth-order valence-electron chi connectivity index (χ4n) is 5.03. The van der Waals surface area contributed by atoms with E-state index in [1.54, 1.807) is 18.2 Å². The number of nitrogens with one attached hydrogen (secondary N) is 1. The lowest BCUT2D eigenvalue weighted by Crippen LogP contribution is -2.38. The van der Waals surface area contributed by atoms with E-state index in [-0.39, 0.29) is 23.2 Å². The second-order valence-corrected chi connectivity index (χ2v) is 12.2. The number of likely N-dealkylation sites (N-methyl/N-ethyl adjacent to an activating group) is 1. The number of hydrogen-bond acceptors (Lipinski definition) is 3. The van der Waals surface area contributed by atoms with Crippen LogP contribution in [0.2, 0.25) is 0 Å². The lowest BCUT2D eigenvalue weighted by atomic mass is 9.91. The van der Waals surface area contributed by atoms with Crippen molar-refractivity contribution in [2.24, 2.45) is 0 Å². The van der Waals surface area contributed by atoms with Crippen molar-refractivity contribution >= 4 is 22.5 Å². The third-order valence-electron chi connectivity index (χ3n) is 7.10. The van der Waals surface area contributed by atoms with Crippen molar-refractivity contribution in [3.63, 3.8) is 0 Å². The number of ether oxygens (including phenoxy) is 2. The molecule has 5 rings (SSSR count). The fourth-order valence-corrected chi connectivity index (χ4v) is 5.03. The lowest BCUT2D eigenvalue weighted by molar-refractivity contribution is -0.870. The Morgan fingerprint density at radius 3 is 2.35 bits per heavy atom. The minimum Gasteiger partial charge on any atom is -0.395 e. The summed E-state index contributed by atoms with van der Waals surface area (Å²) in [7, 11) is 6.31. The highest BCUT2D eigenvalue weighted by Gasteiger charge is 2.52. The molecular formula is C28H33F3N3O3+. The SMILES string of the molecule is CC(C)(C)c1c(F)c2cc(NC(=O)C3(c4ccc5c(c4)OC(F)(F)O5)CC3)ccc2n1CC[N+](C)(C)C. The molecule has 1 N–H and O–H groups in total. The van der Waals surface area contributed by atoms with Gasteiger partial charge in [-0.3, -0.25) is 4.79 Å². The normalized spacial score (nSPS) is 17.8. The van der Waals surface area contributed by atoms with Gasteiger partial charge in [0.15, 0.2) is 17.3 Å². The van der Waals surface area contributed by atoms with Crippen LogP contribution in [0.5, 0.6) is 11.5 Å². The number of anilines is 1. The van der Waals surface area contributed by atoms with E-state index in [0.717, 1.165) is 16.5 Å². The predicted molar refractivity (Wildman–Crippen MR) is 136 cm³/mol. The number of quaternary nitrogens is 1. The van der Waals surface area contributed by atoms with Crippen LogP contribution < -0.4 is 14.8 Å². The number of rotatable bonds is 6. The van der Waals surface area contributed by atoms with Gasteiger partial charge in [-0.05, 0) is 48.7 Å². The van der Waals surface area contributed by atoms with Crippen LogP contribution in [-0.4, -0.2) is 48.9 Å². The molecule has 0 atom stereocenters. The van der Waals surface area contributed by atoms with Crippen molar-refractivity contribution in [1.29, 1.82) is 0 Å². The molecule has 0 bridgehead atoms. The Morgan fingerprint density at radius 2 is 1.73 bits per heavy atom. The minimum atomic E-state index is -3.71. The van der Waals surface area contributed by atoms with Gasteiger partial charge in [-0.15, -0.1) is 8.78 Å². The number of nitrogens with zero attached hydrogens (tertiary/aromatic N) is 2. The smallest absolute Gasteiger partial charge is 0.395 e. The first kappa shape index (κ1) is 25.4.